The minimum absolute atomic E-state index is 0.346. The Hall–Kier alpha value is -2.21. The first-order valence-electron chi connectivity index (χ1n) is 8.14. The van der Waals surface area contributed by atoms with Crippen molar-refractivity contribution in [3.63, 3.8) is 0 Å². The number of hydrogen-bond donors (Lipinski definition) is 2. The molecule has 0 unspecified atom stereocenters. The molecule has 126 valence electrons. The lowest BCUT2D eigenvalue weighted by Gasteiger charge is -2.37. The summed E-state index contributed by atoms with van der Waals surface area (Å²) in [5.74, 6) is 0.797. The molecule has 0 spiro atoms. The van der Waals surface area contributed by atoms with Gasteiger partial charge in [-0.25, -0.2) is 13.8 Å². The zero-order valence-electron chi connectivity index (χ0n) is 13.2. The van der Waals surface area contributed by atoms with Gasteiger partial charge in [0, 0.05) is 31.5 Å². The van der Waals surface area contributed by atoms with E-state index in [0.717, 1.165) is 22.8 Å². The van der Waals surface area contributed by atoms with Gasteiger partial charge >= 0.3 is 0 Å². The molecule has 1 aromatic heterocycles. The number of pyridine rings is 1. The van der Waals surface area contributed by atoms with Crippen LogP contribution in [0.15, 0.2) is 36.5 Å². The molecule has 2 N–H and O–H groups in total. The normalized spacial score (nSPS) is 18.8. The summed E-state index contributed by atoms with van der Waals surface area (Å²) in [7, 11) is 0. The second-order valence-electron chi connectivity index (χ2n) is 6.32. The molecule has 3 heterocycles. The van der Waals surface area contributed by atoms with Crippen molar-refractivity contribution < 1.29 is 13.5 Å². The van der Waals surface area contributed by atoms with Crippen LogP contribution in [0.25, 0.3) is 0 Å². The number of nitrogens with one attached hydrogen (secondary N) is 2. The van der Waals surface area contributed by atoms with Crippen LogP contribution in [0.5, 0.6) is 0 Å². The number of halogens is 2. The number of nitrogens with zero attached hydrogens (tertiary/aromatic N) is 1. The lowest BCUT2D eigenvalue weighted by molar-refractivity contribution is -0.0327. The van der Waals surface area contributed by atoms with E-state index in [1.54, 1.807) is 12.3 Å². The number of aromatic nitrogens is 1. The van der Waals surface area contributed by atoms with Gasteiger partial charge in [-0.1, -0.05) is 12.1 Å². The fraction of sp³-hybridized carbons (Fsp3) is 0.389. The summed E-state index contributed by atoms with van der Waals surface area (Å²) in [4.78, 5) is 4.34. The Bertz CT molecular complexity index is 745. The number of anilines is 3. The molecular weight excluding hydrogens is 312 g/mol. The molecule has 24 heavy (non-hydrogen) atoms. The fourth-order valence-corrected chi connectivity index (χ4v) is 3.49. The summed E-state index contributed by atoms with van der Waals surface area (Å²) in [5.41, 5.74) is 2.29. The molecule has 1 saturated heterocycles. The van der Waals surface area contributed by atoms with Crippen LogP contribution < -0.4 is 10.6 Å². The molecule has 0 saturated carbocycles. The lowest BCUT2D eigenvalue weighted by Crippen LogP contribution is -2.40. The number of fused-ring (bicyclic) bond motifs is 2. The van der Waals surface area contributed by atoms with Crippen molar-refractivity contribution in [3.05, 3.63) is 47.7 Å². The van der Waals surface area contributed by atoms with Crippen LogP contribution in [0.2, 0.25) is 0 Å². The van der Waals surface area contributed by atoms with Crippen LogP contribution in [0.1, 0.15) is 24.0 Å². The van der Waals surface area contributed by atoms with Crippen molar-refractivity contribution in [3.8, 4) is 0 Å². The van der Waals surface area contributed by atoms with E-state index in [1.165, 1.54) is 0 Å². The Balaban J connectivity index is 1.71. The van der Waals surface area contributed by atoms with E-state index in [0.29, 0.717) is 38.2 Å². The zero-order chi connectivity index (χ0) is 16.6. The molecule has 0 radical (unpaired) electrons. The molecule has 0 aliphatic carbocycles. The minimum Gasteiger partial charge on any atom is -0.381 e. The SMILES string of the molecule is FC(F)C1(c2ccc3c(c2)NCc2cccnc2N3)CCOCC1. The Morgan fingerprint density at radius 3 is 2.75 bits per heavy atom. The van der Waals surface area contributed by atoms with Gasteiger partial charge in [0.15, 0.2) is 0 Å². The average molecular weight is 331 g/mol. The number of alkyl halides is 2. The van der Waals surface area contributed by atoms with E-state index in [-0.39, 0.29) is 0 Å². The standard InChI is InChI=1S/C18H19F2N3O/c19-17(20)18(5-8-24-9-6-18)13-3-4-14-15(10-13)22-11-12-2-1-7-21-16(12)23-14/h1-4,7,10,17,22H,5-6,8-9,11H2,(H,21,23). The van der Waals surface area contributed by atoms with Gasteiger partial charge in [-0.3, -0.25) is 0 Å². The highest BCUT2D eigenvalue weighted by atomic mass is 19.3. The summed E-state index contributed by atoms with van der Waals surface area (Å²) in [6.45, 7) is 1.36. The molecule has 0 amide bonds. The van der Waals surface area contributed by atoms with Gasteiger partial charge in [0.05, 0.1) is 16.8 Å². The van der Waals surface area contributed by atoms with E-state index in [1.807, 2.05) is 24.3 Å². The van der Waals surface area contributed by atoms with Crippen LogP contribution >= 0.6 is 0 Å². The van der Waals surface area contributed by atoms with Crippen molar-refractivity contribution >= 4 is 17.2 Å². The predicted molar refractivity (Wildman–Crippen MR) is 89.0 cm³/mol. The van der Waals surface area contributed by atoms with Gasteiger partial charge in [0.2, 0.25) is 6.43 Å². The molecule has 2 aliphatic heterocycles. The first-order chi connectivity index (χ1) is 11.7. The number of hydrogen-bond acceptors (Lipinski definition) is 4. The molecule has 2 aliphatic rings. The van der Waals surface area contributed by atoms with E-state index in [9.17, 15) is 8.78 Å². The third kappa shape index (κ3) is 2.51. The van der Waals surface area contributed by atoms with Crippen LogP contribution in [-0.2, 0) is 16.7 Å². The fourth-order valence-electron chi connectivity index (χ4n) is 3.49. The van der Waals surface area contributed by atoms with Gasteiger partial charge in [-0.2, -0.15) is 0 Å². The van der Waals surface area contributed by atoms with Crippen molar-refractivity contribution in [1.82, 2.24) is 4.98 Å². The number of rotatable bonds is 2. The highest BCUT2D eigenvalue weighted by Gasteiger charge is 2.43. The average Bonchev–Trinajstić information content (AvgIpc) is 2.80. The van der Waals surface area contributed by atoms with E-state index in [4.69, 9.17) is 4.74 Å². The van der Waals surface area contributed by atoms with E-state index < -0.39 is 11.8 Å². The van der Waals surface area contributed by atoms with Gasteiger partial charge in [-0.05, 0) is 36.6 Å². The maximum absolute atomic E-state index is 13.9. The summed E-state index contributed by atoms with van der Waals surface area (Å²) in [6.07, 6.45) is 0.0214. The van der Waals surface area contributed by atoms with E-state index in [2.05, 4.69) is 15.6 Å². The minimum atomic E-state index is -2.41. The second-order valence-corrected chi connectivity index (χ2v) is 6.32. The first kappa shape index (κ1) is 15.3. The maximum Gasteiger partial charge on any atom is 0.248 e. The molecule has 4 rings (SSSR count). The number of benzene rings is 1. The van der Waals surface area contributed by atoms with Crippen molar-refractivity contribution in [2.75, 3.05) is 23.8 Å². The Morgan fingerprint density at radius 1 is 1.12 bits per heavy atom. The summed E-state index contributed by atoms with van der Waals surface area (Å²) < 4.78 is 33.1. The zero-order valence-corrected chi connectivity index (χ0v) is 13.2. The predicted octanol–water partition coefficient (Wildman–Crippen LogP) is 4.06. The molecule has 1 aromatic carbocycles. The monoisotopic (exact) mass is 331 g/mol. The summed E-state index contributed by atoms with van der Waals surface area (Å²) in [5, 5.41) is 6.63. The first-order valence-corrected chi connectivity index (χ1v) is 8.14. The third-order valence-corrected chi connectivity index (χ3v) is 5.01. The Kier molecular flexibility index (Phi) is 3.84. The third-order valence-electron chi connectivity index (χ3n) is 5.01. The van der Waals surface area contributed by atoms with Crippen LogP contribution in [0.3, 0.4) is 0 Å². The van der Waals surface area contributed by atoms with Crippen molar-refractivity contribution in [2.45, 2.75) is 31.2 Å². The Morgan fingerprint density at radius 2 is 1.96 bits per heavy atom. The summed E-state index contributed by atoms with van der Waals surface area (Å²) in [6, 6.07) is 9.40. The maximum atomic E-state index is 13.9. The lowest BCUT2D eigenvalue weighted by atomic mass is 9.74. The Labute approximate surface area is 139 Å². The van der Waals surface area contributed by atoms with Gasteiger partial charge < -0.3 is 15.4 Å². The van der Waals surface area contributed by atoms with Crippen LogP contribution in [0.4, 0.5) is 26.0 Å². The highest BCUT2D eigenvalue weighted by Crippen LogP contribution is 2.43. The molecule has 4 nitrogen and oxygen atoms in total. The number of ether oxygens (including phenoxy) is 1. The molecule has 1 fully saturated rings. The van der Waals surface area contributed by atoms with Gasteiger partial charge in [0.1, 0.15) is 5.82 Å². The van der Waals surface area contributed by atoms with E-state index >= 15 is 0 Å². The summed E-state index contributed by atoms with van der Waals surface area (Å²) >= 11 is 0. The molecule has 2 aromatic rings. The van der Waals surface area contributed by atoms with Gasteiger partial charge in [-0.15, -0.1) is 0 Å². The van der Waals surface area contributed by atoms with Crippen molar-refractivity contribution in [1.29, 1.82) is 0 Å². The van der Waals surface area contributed by atoms with Crippen molar-refractivity contribution in [2.24, 2.45) is 0 Å². The van der Waals surface area contributed by atoms with Crippen LogP contribution in [-0.4, -0.2) is 24.6 Å². The topological polar surface area (TPSA) is 46.2 Å². The largest absolute Gasteiger partial charge is 0.381 e. The molecular formula is C18H19F2N3O. The highest BCUT2D eigenvalue weighted by molar-refractivity contribution is 5.77. The van der Waals surface area contributed by atoms with Crippen LogP contribution in [0, 0.1) is 0 Å². The quantitative estimate of drug-likeness (QED) is 0.871. The van der Waals surface area contributed by atoms with Gasteiger partial charge in [0.25, 0.3) is 0 Å². The smallest absolute Gasteiger partial charge is 0.248 e. The molecule has 6 heteroatoms. The second kappa shape index (κ2) is 6.02. The molecule has 0 bridgehead atoms. The molecule has 0 atom stereocenters.